The molecule has 0 unspecified atom stereocenters. The SMILES string of the molecule is O=C(Cn1c(C(F)(F)F)nc2ccccc21)Nc1ncc(Cc2ccc(F)cc2)s1. The molecule has 0 bridgehead atoms. The summed E-state index contributed by atoms with van der Waals surface area (Å²) >= 11 is 1.20. The number of benzene rings is 2. The molecule has 0 spiro atoms. The molecule has 0 aliphatic rings. The minimum absolute atomic E-state index is 0.161. The zero-order valence-corrected chi connectivity index (χ0v) is 16.1. The van der Waals surface area contributed by atoms with Crippen molar-refractivity contribution in [3.63, 3.8) is 0 Å². The van der Waals surface area contributed by atoms with Crippen molar-refractivity contribution in [2.45, 2.75) is 19.1 Å². The van der Waals surface area contributed by atoms with Crippen molar-refractivity contribution in [1.29, 1.82) is 0 Å². The van der Waals surface area contributed by atoms with E-state index in [0.717, 1.165) is 15.0 Å². The van der Waals surface area contributed by atoms with E-state index in [9.17, 15) is 22.4 Å². The van der Waals surface area contributed by atoms with Crippen LogP contribution in [0.15, 0.2) is 54.7 Å². The zero-order chi connectivity index (χ0) is 21.3. The first-order valence-corrected chi connectivity index (χ1v) is 9.63. The highest BCUT2D eigenvalue weighted by molar-refractivity contribution is 7.15. The van der Waals surface area contributed by atoms with Crippen LogP contribution in [-0.4, -0.2) is 20.4 Å². The lowest BCUT2D eigenvalue weighted by atomic mass is 10.1. The monoisotopic (exact) mass is 434 g/mol. The van der Waals surface area contributed by atoms with Crippen molar-refractivity contribution >= 4 is 33.4 Å². The summed E-state index contributed by atoms with van der Waals surface area (Å²) in [7, 11) is 0. The summed E-state index contributed by atoms with van der Waals surface area (Å²) < 4.78 is 53.9. The highest BCUT2D eigenvalue weighted by Crippen LogP contribution is 2.31. The van der Waals surface area contributed by atoms with E-state index in [1.807, 2.05) is 0 Å². The average Bonchev–Trinajstić information content (AvgIpc) is 3.28. The smallest absolute Gasteiger partial charge is 0.311 e. The quantitative estimate of drug-likeness (QED) is 0.456. The van der Waals surface area contributed by atoms with Gasteiger partial charge in [-0.2, -0.15) is 13.2 Å². The molecule has 0 radical (unpaired) electrons. The highest BCUT2D eigenvalue weighted by atomic mass is 32.1. The lowest BCUT2D eigenvalue weighted by Gasteiger charge is -2.10. The maximum absolute atomic E-state index is 13.4. The van der Waals surface area contributed by atoms with Crippen LogP contribution in [0.1, 0.15) is 16.3 Å². The summed E-state index contributed by atoms with van der Waals surface area (Å²) in [6.07, 6.45) is -2.63. The van der Waals surface area contributed by atoms with Gasteiger partial charge < -0.3 is 9.88 Å². The molecule has 4 rings (SSSR count). The second-order valence-electron chi connectivity index (χ2n) is 6.49. The summed E-state index contributed by atoms with van der Waals surface area (Å²) in [5.74, 6) is -2.11. The predicted molar refractivity (Wildman–Crippen MR) is 105 cm³/mol. The van der Waals surface area contributed by atoms with Crippen LogP contribution in [0, 0.1) is 5.82 Å². The summed E-state index contributed by atoms with van der Waals surface area (Å²) in [4.78, 5) is 20.9. The normalized spacial score (nSPS) is 11.7. The zero-order valence-electron chi connectivity index (χ0n) is 15.3. The number of carbonyl (C=O) groups excluding carboxylic acids is 1. The summed E-state index contributed by atoms with van der Waals surface area (Å²) in [5, 5.41) is 2.80. The van der Waals surface area contributed by atoms with E-state index in [0.29, 0.717) is 6.42 Å². The third-order valence-corrected chi connectivity index (χ3v) is 5.21. The van der Waals surface area contributed by atoms with Gasteiger partial charge in [0.2, 0.25) is 11.7 Å². The van der Waals surface area contributed by atoms with Crippen molar-refractivity contribution in [3.8, 4) is 0 Å². The van der Waals surface area contributed by atoms with E-state index in [4.69, 9.17) is 0 Å². The van der Waals surface area contributed by atoms with Gasteiger partial charge in [0.25, 0.3) is 0 Å². The largest absolute Gasteiger partial charge is 0.449 e. The molecule has 0 atom stereocenters. The van der Waals surface area contributed by atoms with Crippen LogP contribution in [-0.2, 0) is 23.9 Å². The second kappa shape index (κ2) is 7.86. The molecule has 0 saturated carbocycles. The van der Waals surface area contributed by atoms with Crippen LogP contribution < -0.4 is 5.32 Å². The van der Waals surface area contributed by atoms with Crippen LogP contribution in [0.4, 0.5) is 22.7 Å². The molecule has 0 aliphatic carbocycles. The Kier molecular flexibility index (Phi) is 5.25. The fourth-order valence-corrected chi connectivity index (χ4v) is 3.87. The van der Waals surface area contributed by atoms with Gasteiger partial charge in [-0.25, -0.2) is 14.4 Å². The average molecular weight is 434 g/mol. The number of rotatable bonds is 5. The maximum Gasteiger partial charge on any atom is 0.449 e. The lowest BCUT2D eigenvalue weighted by molar-refractivity contribution is -0.147. The minimum atomic E-state index is -4.69. The Morgan fingerprint density at radius 1 is 1.10 bits per heavy atom. The first-order valence-electron chi connectivity index (χ1n) is 8.81. The van der Waals surface area contributed by atoms with Crippen LogP contribution in [0.2, 0.25) is 0 Å². The minimum Gasteiger partial charge on any atom is -0.311 e. The molecular weight excluding hydrogens is 420 g/mol. The topological polar surface area (TPSA) is 59.8 Å². The van der Waals surface area contributed by atoms with Crippen molar-refractivity contribution in [1.82, 2.24) is 14.5 Å². The number of hydrogen-bond donors (Lipinski definition) is 1. The number of nitrogens with one attached hydrogen (secondary N) is 1. The van der Waals surface area contributed by atoms with Crippen LogP contribution in [0.3, 0.4) is 0 Å². The molecule has 0 saturated heterocycles. The van der Waals surface area contributed by atoms with Gasteiger partial charge in [0.15, 0.2) is 5.13 Å². The Morgan fingerprint density at radius 3 is 2.57 bits per heavy atom. The molecule has 1 amide bonds. The van der Waals surface area contributed by atoms with Gasteiger partial charge in [-0.15, -0.1) is 11.3 Å². The van der Waals surface area contributed by atoms with E-state index in [1.54, 1.807) is 30.5 Å². The summed E-state index contributed by atoms with van der Waals surface area (Å²) in [6.45, 7) is -0.553. The van der Waals surface area contributed by atoms with Gasteiger partial charge in [0, 0.05) is 17.5 Å². The molecule has 2 heterocycles. The maximum atomic E-state index is 13.4. The van der Waals surface area contributed by atoms with Gasteiger partial charge in [-0.3, -0.25) is 4.79 Å². The third kappa shape index (κ3) is 4.33. The Balaban J connectivity index is 1.49. The molecule has 30 heavy (non-hydrogen) atoms. The van der Waals surface area contributed by atoms with Gasteiger partial charge >= 0.3 is 6.18 Å². The van der Waals surface area contributed by atoms with Crippen molar-refractivity contribution in [2.24, 2.45) is 0 Å². The van der Waals surface area contributed by atoms with E-state index >= 15 is 0 Å². The number of alkyl halides is 3. The number of halogens is 4. The van der Waals surface area contributed by atoms with Crippen molar-refractivity contribution in [2.75, 3.05) is 5.32 Å². The number of nitrogens with zero attached hydrogens (tertiary/aromatic N) is 3. The van der Waals surface area contributed by atoms with Gasteiger partial charge in [-0.1, -0.05) is 24.3 Å². The number of hydrogen-bond acceptors (Lipinski definition) is 4. The summed E-state index contributed by atoms with van der Waals surface area (Å²) in [5.41, 5.74) is 1.25. The molecule has 2 aromatic heterocycles. The molecule has 0 aliphatic heterocycles. The number of fused-ring (bicyclic) bond motifs is 1. The molecule has 1 N–H and O–H groups in total. The Labute approximate surface area is 172 Å². The van der Waals surface area contributed by atoms with Gasteiger partial charge in [0.1, 0.15) is 12.4 Å². The number of para-hydroxylation sites is 2. The standard InChI is InChI=1S/C20H14F4N4OS/c21-13-7-5-12(6-8-13)9-14-10-25-19(30-14)27-17(29)11-28-16-4-2-1-3-15(16)26-18(28)20(22,23)24/h1-8,10H,9,11H2,(H,25,27,29). The molecule has 0 fully saturated rings. The number of anilines is 1. The van der Waals surface area contributed by atoms with E-state index < -0.39 is 24.5 Å². The van der Waals surface area contributed by atoms with Crippen LogP contribution in [0.25, 0.3) is 11.0 Å². The predicted octanol–water partition coefficient (Wildman–Crippen LogP) is 4.88. The van der Waals surface area contributed by atoms with Gasteiger partial charge in [0.05, 0.1) is 11.0 Å². The Morgan fingerprint density at radius 2 is 1.83 bits per heavy atom. The number of amides is 1. The first kappa shape index (κ1) is 20.0. The van der Waals surface area contributed by atoms with E-state index in [2.05, 4.69) is 15.3 Å². The molecule has 4 aromatic rings. The Hall–Kier alpha value is -3.27. The number of carbonyl (C=O) groups is 1. The number of imidazole rings is 1. The molecule has 10 heteroatoms. The number of aromatic nitrogens is 3. The fourth-order valence-electron chi connectivity index (χ4n) is 3.00. The third-order valence-electron chi connectivity index (χ3n) is 4.30. The molecule has 154 valence electrons. The van der Waals surface area contributed by atoms with Crippen LogP contribution >= 0.6 is 11.3 Å². The molecular formula is C20H14F4N4OS. The number of thiazole rings is 1. The lowest BCUT2D eigenvalue weighted by Crippen LogP contribution is -2.23. The molecule has 2 aromatic carbocycles. The van der Waals surface area contributed by atoms with Crippen molar-refractivity contribution < 1.29 is 22.4 Å². The first-order chi connectivity index (χ1) is 14.3. The van der Waals surface area contributed by atoms with Crippen molar-refractivity contribution in [3.05, 3.63) is 76.8 Å². The highest BCUT2D eigenvalue weighted by Gasteiger charge is 2.38. The summed E-state index contributed by atoms with van der Waals surface area (Å²) in [6, 6.07) is 12.1. The second-order valence-corrected chi connectivity index (χ2v) is 7.61. The van der Waals surface area contributed by atoms with E-state index in [-0.39, 0.29) is 22.0 Å². The Bertz CT molecular complexity index is 1200. The fraction of sp³-hybridized carbons (Fsp3) is 0.150. The molecule has 5 nitrogen and oxygen atoms in total. The van der Waals surface area contributed by atoms with E-state index in [1.165, 1.54) is 35.6 Å². The van der Waals surface area contributed by atoms with Crippen LogP contribution in [0.5, 0.6) is 0 Å². The van der Waals surface area contributed by atoms with Gasteiger partial charge in [-0.05, 0) is 29.8 Å².